The van der Waals surface area contributed by atoms with Crippen molar-refractivity contribution in [1.82, 2.24) is 4.98 Å². The number of nitrogens with one attached hydrogen (secondary N) is 1. The standard InChI is InChI=1S/C28H27N3O4S/c1-21-3-9-25(10-4-21)31(36(33,34)27-13-11-26(35-2)12-14-27)20-28(32)30-24-7-5-22(6-8-24)19-23-15-17-29-18-16-23/h3-18H,19-20H2,1-2H3,(H,30,32). The van der Waals surface area contributed by atoms with Crippen LogP contribution in [0.3, 0.4) is 0 Å². The van der Waals surface area contributed by atoms with E-state index in [1.165, 1.54) is 19.2 Å². The van der Waals surface area contributed by atoms with Gasteiger partial charge in [-0.1, -0.05) is 29.8 Å². The zero-order chi connectivity index (χ0) is 25.5. The Morgan fingerprint density at radius 3 is 2.08 bits per heavy atom. The summed E-state index contributed by atoms with van der Waals surface area (Å²) in [4.78, 5) is 17.1. The molecule has 4 rings (SSSR count). The third-order valence-corrected chi connectivity index (χ3v) is 7.44. The van der Waals surface area contributed by atoms with Crippen molar-refractivity contribution in [2.45, 2.75) is 18.2 Å². The molecule has 8 heteroatoms. The Kier molecular flexibility index (Phi) is 7.65. The summed E-state index contributed by atoms with van der Waals surface area (Å²) in [5, 5.41) is 2.81. The number of pyridine rings is 1. The smallest absolute Gasteiger partial charge is 0.264 e. The van der Waals surface area contributed by atoms with Crippen LogP contribution in [0.5, 0.6) is 5.75 Å². The summed E-state index contributed by atoms with van der Waals surface area (Å²) < 4.78 is 33.3. The number of rotatable bonds is 9. The summed E-state index contributed by atoms with van der Waals surface area (Å²) in [6, 6.07) is 24.5. The maximum absolute atomic E-state index is 13.5. The molecule has 4 aromatic rings. The molecular formula is C28H27N3O4S. The summed E-state index contributed by atoms with van der Waals surface area (Å²) in [6.07, 6.45) is 4.26. The van der Waals surface area contributed by atoms with E-state index >= 15 is 0 Å². The highest BCUT2D eigenvalue weighted by Crippen LogP contribution is 2.26. The third-order valence-electron chi connectivity index (χ3n) is 5.65. The molecule has 1 amide bonds. The number of anilines is 2. The molecule has 0 aliphatic heterocycles. The second-order valence-electron chi connectivity index (χ2n) is 8.30. The number of ether oxygens (including phenoxy) is 1. The first-order chi connectivity index (χ1) is 17.3. The van der Waals surface area contributed by atoms with Crippen LogP contribution in [0.4, 0.5) is 11.4 Å². The van der Waals surface area contributed by atoms with Crippen LogP contribution in [0, 0.1) is 6.92 Å². The quantitative estimate of drug-likeness (QED) is 0.355. The van der Waals surface area contributed by atoms with Gasteiger partial charge in [0.15, 0.2) is 0 Å². The molecule has 7 nitrogen and oxygen atoms in total. The van der Waals surface area contributed by atoms with Crippen molar-refractivity contribution in [3.8, 4) is 5.75 Å². The first-order valence-electron chi connectivity index (χ1n) is 11.4. The van der Waals surface area contributed by atoms with Crippen LogP contribution in [-0.2, 0) is 21.2 Å². The first kappa shape index (κ1) is 24.9. The molecule has 0 radical (unpaired) electrons. The molecule has 0 aliphatic rings. The molecular weight excluding hydrogens is 474 g/mol. The van der Waals surface area contributed by atoms with Crippen molar-refractivity contribution in [2.24, 2.45) is 0 Å². The second-order valence-corrected chi connectivity index (χ2v) is 10.2. The number of carbonyl (C=O) groups is 1. The number of carbonyl (C=O) groups excluding carboxylic acids is 1. The Balaban J connectivity index is 1.52. The number of hydrogen-bond acceptors (Lipinski definition) is 5. The van der Waals surface area contributed by atoms with Crippen LogP contribution >= 0.6 is 0 Å². The number of hydrogen-bond donors (Lipinski definition) is 1. The number of aromatic nitrogens is 1. The lowest BCUT2D eigenvalue weighted by Crippen LogP contribution is -2.38. The average Bonchev–Trinajstić information content (AvgIpc) is 2.89. The van der Waals surface area contributed by atoms with E-state index in [9.17, 15) is 13.2 Å². The maximum Gasteiger partial charge on any atom is 0.264 e. The number of amides is 1. The Hall–Kier alpha value is -4.17. The number of methoxy groups -OCH3 is 1. The molecule has 1 N–H and O–H groups in total. The lowest BCUT2D eigenvalue weighted by atomic mass is 10.1. The van der Waals surface area contributed by atoms with Crippen molar-refractivity contribution in [2.75, 3.05) is 23.3 Å². The molecule has 0 spiro atoms. The minimum absolute atomic E-state index is 0.0668. The molecule has 0 unspecified atom stereocenters. The molecule has 36 heavy (non-hydrogen) atoms. The van der Waals surface area contributed by atoms with Gasteiger partial charge >= 0.3 is 0 Å². The number of benzene rings is 3. The van der Waals surface area contributed by atoms with E-state index in [4.69, 9.17) is 4.74 Å². The number of nitrogens with zero attached hydrogens (tertiary/aromatic N) is 2. The minimum Gasteiger partial charge on any atom is -0.497 e. The predicted octanol–water partition coefficient (Wildman–Crippen LogP) is 4.82. The summed E-state index contributed by atoms with van der Waals surface area (Å²) >= 11 is 0. The van der Waals surface area contributed by atoms with Gasteiger partial charge in [-0.2, -0.15) is 0 Å². The number of aryl methyl sites for hydroxylation is 1. The zero-order valence-corrected chi connectivity index (χ0v) is 20.9. The summed E-state index contributed by atoms with van der Waals surface area (Å²) in [5.41, 5.74) is 4.20. The fourth-order valence-electron chi connectivity index (χ4n) is 3.67. The monoisotopic (exact) mass is 501 g/mol. The van der Waals surface area contributed by atoms with E-state index in [1.54, 1.807) is 36.7 Å². The van der Waals surface area contributed by atoms with Gasteiger partial charge in [-0.15, -0.1) is 0 Å². The Labute approximate surface area is 211 Å². The topological polar surface area (TPSA) is 88.6 Å². The summed E-state index contributed by atoms with van der Waals surface area (Å²) in [6.45, 7) is 1.54. The molecule has 0 saturated heterocycles. The SMILES string of the molecule is COc1ccc(S(=O)(=O)N(CC(=O)Nc2ccc(Cc3ccncc3)cc2)c2ccc(C)cc2)cc1. The van der Waals surface area contributed by atoms with E-state index in [-0.39, 0.29) is 11.4 Å². The van der Waals surface area contributed by atoms with Crippen LogP contribution in [-0.4, -0.2) is 33.0 Å². The lowest BCUT2D eigenvalue weighted by molar-refractivity contribution is -0.114. The summed E-state index contributed by atoms with van der Waals surface area (Å²) in [7, 11) is -2.50. The Morgan fingerprint density at radius 1 is 0.861 bits per heavy atom. The van der Waals surface area contributed by atoms with Gasteiger partial charge in [0.25, 0.3) is 10.0 Å². The fraction of sp³-hybridized carbons (Fsp3) is 0.143. The van der Waals surface area contributed by atoms with Gasteiger partial charge in [-0.05, 0) is 85.1 Å². The maximum atomic E-state index is 13.5. The normalized spacial score (nSPS) is 11.1. The molecule has 1 aromatic heterocycles. The molecule has 0 fully saturated rings. The van der Waals surface area contributed by atoms with Crippen molar-refractivity contribution in [3.63, 3.8) is 0 Å². The van der Waals surface area contributed by atoms with Gasteiger partial charge in [0.1, 0.15) is 12.3 Å². The van der Waals surface area contributed by atoms with E-state index < -0.39 is 15.9 Å². The molecule has 1 heterocycles. The van der Waals surface area contributed by atoms with Crippen LogP contribution < -0.4 is 14.4 Å². The lowest BCUT2D eigenvalue weighted by Gasteiger charge is -2.24. The van der Waals surface area contributed by atoms with Crippen LogP contribution in [0.15, 0.2) is 102 Å². The number of sulfonamides is 1. The van der Waals surface area contributed by atoms with Gasteiger partial charge in [-0.3, -0.25) is 14.1 Å². The van der Waals surface area contributed by atoms with Gasteiger partial charge in [0.2, 0.25) is 5.91 Å². The highest BCUT2D eigenvalue weighted by Gasteiger charge is 2.27. The first-order valence-corrected chi connectivity index (χ1v) is 12.8. The fourth-order valence-corrected chi connectivity index (χ4v) is 5.10. The Morgan fingerprint density at radius 2 is 1.47 bits per heavy atom. The molecule has 0 atom stereocenters. The van der Waals surface area contributed by atoms with Crippen molar-refractivity contribution in [1.29, 1.82) is 0 Å². The van der Waals surface area contributed by atoms with E-state index in [0.717, 1.165) is 27.4 Å². The highest BCUT2D eigenvalue weighted by atomic mass is 32.2. The zero-order valence-electron chi connectivity index (χ0n) is 20.1. The summed E-state index contributed by atoms with van der Waals surface area (Å²) in [5.74, 6) is 0.0931. The van der Waals surface area contributed by atoms with Crippen LogP contribution in [0.1, 0.15) is 16.7 Å². The molecule has 0 saturated carbocycles. The van der Waals surface area contributed by atoms with Gasteiger partial charge < -0.3 is 10.1 Å². The largest absolute Gasteiger partial charge is 0.497 e. The predicted molar refractivity (Wildman–Crippen MR) is 141 cm³/mol. The van der Waals surface area contributed by atoms with E-state index in [0.29, 0.717) is 17.1 Å². The molecule has 0 aliphatic carbocycles. The Bertz CT molecular complexity index is 1400. The van der Waals surface area contributed by atoms with Crippen molar-refractivity contribution >= 4 is 27.3 Å². The van der Waals surface area contributed by atoms with E-state index in [1.807, 2.05) is 55.5 Å². The van der Waals surface area contributed by atoms with Crippen LogP contribution in [0.25, 0.3) is 0 Å². The third kappa shape index (κ3) is 6.09. The second kappa shape index (κ2) is 11.0. The van der Waals surface area contributed by atoms with Gasteiger partial charge in [0.05, 0.1) is 17.7 Å². The highest BCUT2D eigenvalue weighted by molar-refractivity contribution is 7.92. The van der Waals surface area contributed by atoms with Gasteiger partial charge in [-0.25, -0.2) is 8.42 Å². The van der Waals surface area contributed by atoms with E-state index in [2.05, 4.69) is 10.3 Å². The molecule has 184 valence electrons. The average molecular weight is 502 g/mol. The van der Waals surface area contributed by atoms with Gasteiger partial charge in [0, 0.05) is 18.1 Å². The molecule has 0 bridgehead atoms. The van der Waals surface area contributed by atoms with Crippen LogP contribution in [0.2, 0.25) is 0 Å². The molecule has 3 aromatic carbocycles. The minimum atomic E-state index is -4.01. The van der Waals surface area contributed by atoms with Crippen molar-refractivity contribution < 1.29 is 17.9 Å². The van der Waals surface area contributed by atoms with Crippen molar-refractivity contribution in [3.05, 3.63) is 114 Å².